The van der Waals surface area contributed by atoms with Crippen LogP contribution in [0.15, 0.2) is 34.6 Å². The molecular weight excluding hydrogens is 260 g/mol. The van der Waals surface area contributed by atoms with Crippen molar-refractivity contribution in [3.8, 4) is 5.75 Å². The summed E-state index contributed by atoms with van der Waals surface area (Å²) in [5, 5.41) is 13.5. The minimum atomic E-state index is 0.218. The molecule has 5 nitrogen and oxygen atoms in total. The second-order valence-electron chi connectivity index (χ2n) is 3.78. The largest absolute Gasteiger partial charge is 0.505 e. The van der Waals surface area contributed by atoms with Crippen LogP contribution in [0.25, 0.3) is 6.08 Å². The maximum absolute atomic E-state index is 9.60. The number of nitrogens with one attached hydrogen (secondary N) is 2. The van der Waals surface area contributed by atoms with Crippen LogP contribution in [0.4, 0.5) is 5.82 Å². The van der Waals surface area contributed by atoms with Crippen LogP contribution in [-0.4, -0.2) is 26.6 Å². The topological polar surface area (TPSA) is 73.8 Å². The lowest BCUT2D eigenvalue weighted by atomic mass is 10.3. The molecule has 2 aromatic heterocycles. The Bertz CT molecular complexity index is 580. The Morgan fingerprint density at radius 1 is 1.47 bits per heavy atom. The van der Waals surface area contributed by atoms with Crippen molar-refractivity contribution in [3.05, 3.63) is 30.4 Å². The van der Waals surface area contributed by atoms with Gasteiger partial charge in [0.1, 0.15) is 16.5 Å². The van der Waals surface area contributed by atoms with Gasteiger partial charge in [0.05, 0.1) is 11.1 Å². The summed E-state index contributed by atoms with van der Waals surface area (Å²) in [4.78, 5) is 12.5. The molecule has 0 saturated heterocycles. The third kappa shape index (κ3) is 3.29. The molecule has 2 rings (SSSR count). The van der Waals surface area contributed by atoms with E-state index in [1.165, 1.54) is 18.0 Å². The zero-order valence-electron chi connectivity index (χ0n) is 10.8. The molecule has 0 aromatic carbocycles. The van der Waals surface area contributed by atoms with Gasteiger partial charge in [-0.3, -0.25) is 0 Å². The summed E-state index contributed by atoms with van der Waals surface area (Å²) in [5.41, 5.74) is 0.796. The van der Waals surface area contributed by atoms with E-state index in [4.69, 9.17) is 0 Å². The van der Waals surface area contributed by atoms with E-state index in [-0.39, 0.29) is 5.75 Å². The predicted molar refractivity (Wildman–Crippen MR) is 77.5 cm³/mol. The fraction of sp³-hybridized carbons (Fsp3) is 0.231. The minimum Gasteiger partial charge on any atom is -0.505 e. The summed E-state index contributed by atoms with van der Waals surface area (Å²) in [5.74, 6) is 0.985. The van der Waals surface area contributed by atoms with Crippen molar-refractivity contribution in [2.24, 2.45) is 0 Å². The Morgan fingerprint density at radius 2 is 2.32 bits per heavy atom. The Labute approximate surface area is 116 Å². The molecule has 0 aliphatic heterocycles. The Morgan fingerprint density at radius 3 is 2.95 bits per heavy atom. The van der Waals surface area contributed by atoms with Gasteiger partial charge in [0.25, 0.3) is 0 Å². The lowest BCUT2D eigenvalue weighted by Gasteiger charge is -2.07. The number of hydrogen-bond acceptors (Lipinski definition) is 5. The molecular formula is C13H16N4OS. The summed E-state index contributed by atoms with van der Waals surface area (Å²) < 4.78 is 0. The number of anilines is 1. The van der Waals surface area contributed by atoms with Gasteiger partial charge in [-0.25, -0.2) is 9.97 Å². The van der Waals surface area contributed by atoms with E-state index in [1.807, 2.05) is 26.0 Å². The Kier molecular flexibility index (Phi) is 4.46. The van der Waals surface area contributed by atoms with E-state index in [1.54, 1.807) is 12.4 Å². The van der Waals surface area contributed by atoms with Crippen molar-refractivity contribution in [2.45, 2.75) is 23.8 Å². The summed E-state index contributed by atoms with van der Waals surface area (Å²) in [6.45, 7) is 4.75. The number of aromatic amines is 1. The highest BCUT2D eigenvalue weighted by Gasteiger charge is 2.08. The number of nitrogens with zero attached hydrogens (tertiary/aromatic N) is 2. The summed E-state index contributed by atoms with van der Waals surface area (Å²) in [6, 6.07) is 0. The smallest absolute Gasteiger partial charge is 0.152 e. The van der Waals surface area contributed by atoms with E-state index in [0.717, 1.165) is 28.0 Å². The second kappa shape index (κ2) is 6.29. The maximum Gasteiger partial charge on any atom is 0.152 e. The average molecular weight is 276 g/mol. The highest BCUT2D eigenvalue weighted by Crippen LogP contribution is 2.33. The van der Waals surface area contributed by atoms with E-state index >= 15 is 0 Å². The molecule has 0 atom stereocenters. The SMILES string of the molecule is CC=Cc1nc(Sc2c[nH]cc2O)cnc1NCC. The molecule has 0 fully saturated rings. The van der Waals surface area contributed by atoms with E-state index in [2.05, 4.69) is 20.3 Å². The first-order valence-corrected chi connectivity index (χ1v) is 6.83. The third-order valence-electron chi connectivity index (χ3n) is 2.35. The Balaban J connectivity index is 2.27. The van der Waals surface area contributed by atoms with E-state index in [0.29, 0.717) is 0 Å². The number of allylic oxidation sites excluding steroid dienone is 1. The van der Waals surface area contributed by atoms with Crippen molar-refractivity contribution in [1.29, 1.82) is 0 Å². The molecule has 2 aromatic rings. The summed E-state index contributed by atoms with van der Waals surface area (Å²) in [6.07, 6.45) is 8.80. The fourth-order valence-electron chi connectivity index (χ4n) is 1.55. The lowest BCUT2D eigenvalue weighted by molar-refractivity contribution is 0.464. The van der Waals surface area contributed by atoms with Gasteiger partial charge < -0.3 is 15.4 Å². The lowest BCUT2D eigenvalue weighted by Crippen LogP contribution is -2.03. The van der Waals surface area contributed by atoms with Crippen molar-refractivity contribution in [2.75, 3.05) is 11.9 Å². The predicted octanol–water partition coefficient (Wildman–Crippen LogP) is 3.13. The van der Waals surface area contributed by atoms with Crippen LogP contribution in [0.1, 0.15) is 19.5 Å². The first-order chi connectivity index (χ1) is 9.24. The Hall–Kier alpha value is -1.95. The molecule has 0 aliphatic rings. The highest BCUT2D eigenvalue weighted by molar-refractivity contribution is 7.99. The molecule has 0 saturated carbocycles. The van der Waals surface area contributed by atoms with Gasteiger partial charge in [-0.1, -0.05) is 17.8 Å². The molecule has 0 spiro atoms. The van der Waals surface area contributed by atoms with Gasteiger partial charge in [0, 0.05) is 18.9 Å². The molecule has 0 aliphatic carbocycles. The number of rotatable bonds is 5. The van der Waals surface area contributed by atoms with Crippen LogP contribution < -0.4 is 5.32 Å². The fourth-order valence-corrected chi connectivity index (χ4v) is 2.31. The molecule has 19 heavy (non-hydrogen) atoms. The van der Waals surface area contributed by atoms with E-state index in [9.17, 15) is 5.11 Å². The summed E-state index contributed by atoms with van der Waals surface area (Å²) >= 11 is 1.37. The van der Waals surface area contributed by atoms with Crippen LogP contribution in [-0.2, 0) is 0 Å². The molecule has 0 unspecified atom stereocenters. The summed E-state index contributed by atoms with van der Waals surface area (Å²) in [7, 11) is 0. The van der Waals surface area contributed by atoms with Gasteiger partial charge >= 0.3 is 0 Å². The quantitative estimate of drug-likeness (QED) is 0.782. The van der Waals surface area contributed by atoms with Crippen LogP contribution in [0, 0.1) is 0 Å². The second-order valence-corrected chi connectivity index (χ2v) is 4.84. The van der Waals surface area contributed by atoms with Gasteiger partial charge in [-0.2, -0.15) is 0 Å². The maximum atomic E-state index is 9.60. The van der Waals surface area contributed by atoms with Gasteiger partial charge in [-0.05, 0) is 19.9 Å². The molecule has 0 bridgehead atoms. The van der Waals surface area contributed by atoms with Crippen LogP contribution in [0.3, 0.4) is 0 Å². The molecule has 100 valence electrons. The van der Waals surface area contributed by atoms with Gasteiger partial charge in [0.15, 0.2) is 5.82 Å². The number of aromatic hydroxyl groups is 1. The van der Waals surface area contributed by atoms with Crippen molar-refractivity contribution in [3.63, 3.8) is 0 Å². The molecule has 6 heteroatoms. The number of hydrogen-bond donors (Lipinski definition) is 3. The molecule has 0 radical (unpaired) electrons. The monoisotopic (exact) mass is 276 g/mol. The van der Waals surface area contributed by atoms with Gasteiger partial charge in [0.2, 0.25) is 0 Å². The zero-order valence-corrected chi connectivity index (χ0v) is 11.7. The molecule has 0 amide bonds. The van der Waals surface area contributed by atoms with Gasteiger partial charge in [-0.15, -0.1) is 0 Å². The third-order valence-corrected chi connectivity index (χ3v) is 3.30. The molecule has 3 N–H and O–H groups in total. The van der Waals surface area contributed by atoms with Crippen LogP contribution in [0.2, 0.25) is 0 Å². The normalized spacial score (nSPS) is 11.1. The zero-order chi connectivity index (χ0) is 13.7. The van der Waals surface area contributed by atoms with Crippen LogP contribution >= 0.6 is 11.8 Å². The van der Waals surface area contributed by atoms with Crippen LogP contribution in [0.5, 0.6) is 5.75 Å². The molecule has 2 heterocycles. The van der Waals surface area contributed by atoms with Crippen molar-refractivity contribution < 1.29 is 5.11 Å². The minimum absolute atomic E-state index is 0.218. The first kappa shape index (κ1) is 13.5. The standard InChI is InChI=1S/C13H16N4OS/c1-3-5-9-13(15-4-2)16-8-12(17-9)19-11-7-14-6-10(11)18/h3,5-8,14,18H,4H2,1-2H3,(H,15,16). The van der Waals surface area contributed by atoms with Crippen molar-refractivity contribution in [1.82, 2.24) is 15.0 Å². The van der Waals surface area contributed by atoms with Crippen molar-refractivity contribution >= 4 is 23.7 Å². The number of aromatic nitrogens is 3. The number of H-pyrrole nitrogens is 1. The van der Waals surface area contributed by atoms with E-state index < -0.39 is 0 Å². The highest BCUT2D eigenvalue weighted by atomic mass is 32.2. The first-order valence-electron chi connectivity index (χ1n) is 6.01. The average Bonchev–Trinajstić information content (AvgIpc) is 2.79.